The maximum absolute atomic E-state index is 11.5. The lowest BCUT2D eigenvalue weighted by atomic mass is 9.98. The van der Waals surface area contributed by atoms with Crippen LogP contribution in [0, 0.1) is 11.8 Å². The molecule has 0 spiro atoms. The van der Waals surface area contributed by atoms with E-state index in [2.05, 4.69) is 11.9 Å². The van der Waals surface area contributed by atoms with Gasteiger partial charge in [0.1, 0.15) is 17.7 Å². The minimum absolute atomic E-state index is 0.0877. The molecule has 7 heteroatoms. The molecule has 7 nitrogen and oxygen atoms in total. The molecule has 0 aromatic heterocycles. The molecule has 1 rings (SSSR count). The number of rotatable bonds is 8. The van der Waals surface area contributed by atoms with Gasteiger partial charge in [0.2, 0.25) is 5.91 Å². The summed E-state index contributed by atoms with van der Waals surface area (Å²) in [4.78, 5) is 35.1. The van der Waals surface area contributed by atoms with Gasteiger partial charge in [0.25, 0.3) is 0 Å². The molecule has 0 bridgehead atoms. The molecule has 1 heterocycles. The Morgan fingerprint density at radius 1 is 1.57 bits per heavy atom. The second-order valence-electron chi connectivity index (χ2n) is 5.74. The van der Waals surface area contributed by atoms with E-state index in [1.54, 1.807) is 6.08 Å². The lowest BCUT2D eigenvalue weighted by Gasteiger charge is -2.30. The quantitative estimate of drug-likeness (QED) is 0.434. The van der Waals surface area contributed by atoms with E-state index in [1.807, 2.05) is 12.9 Å². The number of nitrogens with zero attached hydrogens (tertiary/aromatic N) is 1. The number of aliphatic hydroxyl groups excluding tert-OH is 1. The van der Waals surface area contributed by atoms with E-state index in [4.69, 9.17) is 0 Å². The molecule has 1 fully saturated rings. The third kappa shape index (κ3) is 4.68. The van der Waals surface area contributed by atoms with Crippen LogP contribution in [-0.2, 0) is 14.4 Å². The molecule has 1 saturated heterocycles. The van der Waals surface area contributed by atoms with Gasteiger partial charge in [-0.1, -0.05) is 13.0 Å². The van der Waals surface area contributed by atoms with Crippen LogP contribution in [0.1, 0.15) is 26.7 Å². The minimum Gasteiger partial charge on any atom is -0.480 e. The van der Waals surface area contributed by atoms with Gasteiger partial charge in [0.15, 0.2) is 0 Å². The Labute approximate surface area is 135 Å². The van der Waals surface area contributed by atoms with Gasteiger partial charge in [-0.3, -0.25) is 4.79 Å². The van der Waals surface area contributed by atoms with Crippen LogP contribution in [0.4, 0.5) is 0 Å². The highest BCUT2D eigenvalue weighted by Crippen LogP contribution is 2.34. The van der Waals surface area contributed by atoms with Gasteiger partial charge in [-0.25, -0.2) is 9.59 Å². The molecular formula is C16H24N2O5. The number of hydrogen-bond donors (Lipinski definition) is 3. The molecule has 1 aliphatic heterocycles. The number of likely N-dealkylation sites (tertiary alicyclic amines) is 1. The molecule has 23 heavy (non-hydrogen) atoms. The number of carboxylic acids is 1. The van der Waals surface area contributed by atoms with E-state index < -0.39 is 18.1 Å². The van der Waals surface area contributed by atoms with Gasteiger partial charge in [0, 0.05) is 31.8 Å². The maximum Gasteiger partial charge on any atom is 0.326 e. The summed E-state index contributed by atoms with van der Waals surface area (Å²) >= 11 is 0. The fraction of sp³-hybridized carbons (Fsp3) is 0.625. The predicted octanol–water partition coefficient (Wildman–Crippen LogP) is 0.186. The van der Waals surface area contributed by atoms with Gasteiger partial charge < -0.3 is 20.4 Å². The maximum atomic E-state index is 11.5. The first-order valence-corrected chi connectivity index (χ1v) is 7.65. The summed E-state index contributed by atoms with van der Waals surface area (Å²) in [5, 5.41) is 22.1. The third-order valence-corrected chi connectivity index (χ3v) is 4.25. The summed E-state index contributed by atoms with van der Waals surface area (Å²) in [6.45, 7) is 7.16. The van der Waals surface area contributed by atoms with Gasteiger partial charge in [-0.15, -0.1) is 6.58 Å². The van der Waals surface area contributed by atoms with E-state index in [0.29, 0.717) is 6.42 Å². The Morgan fingerprint density at radius 3 is 2.65 bits per heavy atom. The first kappa shape index (κ1) is 18.9. The molecule has 0 aliphatic carbocycles. The van der Waals surface area contributed by atoms with Gasteiger partial charge >= 0.3 is 5.97 Å². The third-order valence-electron chi connectivity index (χ3n) is 4.25. The highest BCUT2D eigenvalue weighted by Gasteiger charge is 2.41. The number of aliphatic hydroxyl groups is 1. The average Bonchev–Trinajstić information content (AvgIpc) is 2.87. The van der Waals surface area contributed by atoms with E-state index in [0.717, 1.165) is 0 Å². The topological polar surface area (TPSA) is 107 Å². The first-order chi connectivity index (χ1) is 10.8. The number of amides is 1. The second kappa shape index (κ2) is 8.50. The second-order valence-corrected chi connectivity index (χ2v) is 5.74. The number of carbonyl (C=O) groups is 2. The van der Waals surface area contributed by atoms with Crippen LogP contribution < -0.4 is 5.32 Å². The van der Waals surface area contributed by atoms with Gasteiger partial charge in [-0.2, -0.15) is 0 Å². The Balaban J connectivity index is 2.91. The molecule has 0 aromatic carbocycles. The van der Waals surface area contributed by atoms with Crippen molar-refractivity contribution in [2.24, 2.45) is 11.8 Å². The first-order valence-electron chi connectivity index (χ1n) is 7.65. The van der Waals surface area contributed by atoms with Crippen molar-refractivity contribution >= 4 is 17.8 Å². The van der Waals surface area contributed by atoms with Crippen LogP contribution in [0.25, 0.3) is 0 Å². The van der Waals surface area contributed by atoms with Crippen molar-refractivity contribution in [1.82, 2.24) is 10.2 Å². The molecule has 4 unspecified atom stereocenters. The summed E-state index contributed by atoms with van der Waals surface area (Å²) in [5.74, 6) is -0.0719. The molecule has 128 valence electrons. The largest absolute Gasteiger partial charge is 0.480 e. The predicted molar refractivity (Wildman–Crippen MR) is 84.1 cm³/mol. The van der Waals surface area contributed by atoms with Crippen molar-refractivity contribution in [3.63, 3.8) is 0 Å². The van der Waals surface area contributed by atoms with Crippen LogP contribution in [0.3, 0.4) is 0 Å². The highest BCUT2D eigenvalue weighted by molar-refractivity contribution is 5.76. The SMILES string of the molecule is C=CC1CC(C(=O)O)N(CC(CC)C(O)CNC(C)=O)C1=C=O. The zero-order valence-electron chi connectivity index (χ0n) is 13.5. The molecule has 0 saturated carbocycles. The normalized spacial score (nSPS) is 23.1. The number of aliphatic carboxylic acids is 1. The zero-order valence-corrected chi connectivity index (χ0v) is 13.5. The van der Waals surface area contributed by atoms with Crippen molar-refractivity contribution in [2.75, 3.05) is 13.1 Å². The smallest absolute Gasteiger partial charge is 0.326 e. The number of allylic oxidation sites excluding steroid dienone is 1. The van der Waals surface area contributed by atoms with E-state index >= 15 is 0 Å². The van der Waals surface area contributed by atoms with Crippen molar-refractivity contribution in [3.8, 4) is 0 Å². The molecule has 4 atom stereocenters. The Bertz CT molecular complexity index is 513. The zero-order chi connectivity index (χ0) is 17.6. The van der Waals surface area contributed by atoms with Crippen LogP contribution in [-0.4, -0.2) is 58.2 Å². The van der Waals surface area contributed by atoms with Crippen molar-refractivity contribution in [3.05, 3.63) is 18.4 Å². The molecule has 1 aliphatic rings. The Kier molecular flexibility index (Phi) is 7.00. The average molecular weight is 324 g/mol. The van der Waals surface area contributed by atoms with Crippen LogP contribution in [0.2, 0.25) is 0 Å². The number of nitrogens with one attached hydrogen (secondary N) is 1. The number of carboxylic acid groups (broad SMARTS) is 1. The summed E-state index contributed by atoms with van der Waals surface area (Å²) in [5.41, 5.74) is 0.262. The summed E-state index contributed by atoms with van der Waals surface area (Å²) in [6, 6.07) is -0.837. The van der Waals surface area contributed by atoms with Gasteiger partial charge in [0.05, 0.1) is 6.10 Å². The Morgan fingerprint density at radius 2 is 2.22 bits per heavy atom. The Hall–Kier alpha value is -2.11. The van der Waals surface area contributed by atoms with Gasteiger partial charge in [-0.05, 0) is 12.8 Å². The molecule has 0 aromatic rings. The van der Waals surface area contributed by atoms with Crippen LogP contribution in [0.15, 0.2) is 18.4 Å². The monoisotopic (exact) mass is 324 g/mol. The fourth-order valence-electron chi connectivity index (χ4n) is 2.85. The van der Waals surface area contributed by atoms with Crippen molar-refractivity contribution in [1.29, 1.82) is 0 Å². The fourth-order valence-corrected chi connectivity index (χ4v) is 2.85. The molecule has 0 radical (unpaired) electrons. The lowest BCUT2D eigenvalue weighted by Crippen LogP contribution is -2.44. The van der Waals surface area contributed by atoms with E-state index in [-0.39, 0.29) is 43.0 Å². The summed E-state index contributed by atoms with van der Waals surface area (Å²) < 4.78 is 0. The summed E-state index contributed by atoms with van der Waals surface area (Å²) in [6.07, 6.45) is 1.56. The van der Waals surface area contributed by atoms with Crippen LogP contribution >= 0.6 is 0 Å². The van der Waals surface area contributed by atoms with E-state index in [1.165, 1.54) is 11.8 Å². The minimum atomic E-state index is -1.02. The summed E-state index contributed by atoms with van der Waals surface area (Å²) in [7, 11) is 0. The molecule has 1 amide bonds. The molecular weight excluding hydrogens is 300 g/mol. The highest BCUT2D eigenvalue weighted by atomic mass is 16.4. The van der Waals surface area contributed by atoms with Crippen LogP contribution in [0.5, 0.6) is 0 Å². The molecule has 3 N–H and O–H groups in total. The van der Waals surface area contributed by atoms with Crippen molar-refractivity contribution < 1.29 is 24.6 Å². The number of carbonyl (C=O) groups excluding carboxylic acids is 2. The van der Waals surface area contributed by atoms with Crippen molar-refractivity contribution in [2.45, 2.75) is 38.8 Å². The van der Waals surface area contributed by atoms with E-state index in [9.17, 15) is 24.6 Å². The lowest BCUT2D eigenvalue weighted by molar-refractivity contribution is -0.142. The number of hydrogen-bond acceptors (Lipinski definition) is 5. The standard InChI is InChI=1S/C16H24N2O5/c1-4-11-6-13(16(22)23)18(14(11)9-19)8-12(5-2)15(21)7-17-10(3)20/h4,11-13,15,21H,1,5-8H2,2-3H3,(H,17,20)(H,22,23).